The molecule has 3 aromatic carbocycles. The first kappa shape index (κ1) is 31.5. The Bertz CT molecular complexity index is 1400. The van der Waals surface area contributed by atoms with Gasteiger partial charge in [0.1, 0.15) is 12.6 Å². The zero-order chi connectivity index (χ0) is 29.3. The third-order valence-corrected chi connectivity index (χ3v) is 9.08. The van der Waals surface area contributed by atoms with Crippen LogP contribution in [0.2, 0.25) is 10.0 Å². The van der Waals surface area contributed by atoms with Crippen LogP contribution in [0, 0.1) is 6.92 Å². The summed E-state index contributed by atoms with van der Waals surface area (Å²) >= 11 is 12.9. The highest BCUT2D eigenvalue weighted by Gasteiger charge is 2.34. The van der Waals surface area contributed by atoms with E-state index in [9.17, 15) is 18.0 Å². The zero-order valence-corrected chi connectivity index (χ0v) is 25.3. The number of carbonyl (C=O) groups is 2. The van der Waals surface area contributed by atoms with Gasteiger partial charge in [0.2, 0.25) is 11.8 Å². The minimum absolute atomic E-state index is 0.0519. The standard InChI is InChI=1S/C30H35Cl2N3O4S/c1-4-6-19-33-30(37)27(5-2)34(20-24-25(31)16-12-17-26(24)32)29(36)21-35(28-18-11-10-13-22(28)3)40(38,39)23-14-8-7-9-15-23/h7-18,27H,4-6,19-21H2,1-3H3,(H,33,37)/t27-/m0/s1. The third kappa shape index (κ3) is 7.56. The van der Waals surface area contributed by atoms with Crippen LogP contribution in [0.1, 0.15) is 44.2 Å². The second kappa shape index (κ2) is 14.5. The largest absolute Gasteiger partial charge is 0.354 e. The summed E-state index contributed by atoms with van der Waals surface area (Å²) in [6.45, 7) is 5.49. The van der Waals surface area contributed by atoms with Crippen molar-refractivity contribution in [2.24, 2.45) is 0 Å². The van der Waals surface area contributed by atoms with Gasteiger partial charge in [0, 0.05) is 28.7 Å². The molecule has 40 heavy (non-hydrogen) atoms. The second-order valence-electron chi connectivity index (χ2n) is 9.40. The SMILES string of the molecule is CCCCNC(=O)[C@H](CC)N(Cc1c(Cl)cccc1Cl)C(=O)CN(c1ccccc1C)S(=O)(=O)c1ccccc1. The minimum Gasteiger partial charge on any atom is -0.354 e. The molecule has 0 aromatic heterocycles. The third-order valence-electron chi connectivity index (χ3n) is 6.60. The molecule has 1 N–H and O–H groups in total. The van der Waals surface area contributed by atoms with Gasteiger partial charge in [0.05, 0.1) is 10.6 Å². The Hall–Kier alpha value is -3.07. The summed E-state index contributed by atoms with van der Waals surface area (Å²) in [4.78, 5) is 28.8. The van der Waals surface area contributed by atoms with Crippen LogP contribution in [0.4, 0.5) is 5.69 Å². The van der Waals surface area contributed by atoms with Crippen molar-refractivity contribution in [2.75, 3.05) is 17.4 Å². The summed E-state index contributed by atoms with van der Waals surface area (Å²) in [5.41, 5.74) is 1.53. The number of rotatable bonds is 13. The maximum absolute atomic E-state index is 14.1. The fourth-order valence-corrected chi connectivity index (χ4v) is 6.37. The molecule has 0 aliphatic carbocycles. The number of unbranched alkanes of at least 4 members (excludes halogenated alkanes) is 1. The summed E-state index contributed by atoms with van der Waals surface area (Å²) in [6, 6.07) is 19.1. The zero-order valence-electron chi connectivity index (χ0n) is 22.9. The average molecular weight is 605 g/mol. The summed E-state index contributed by atoms with van der Waals surface area (Å²) in [5.74, 6) is -0.878. The van der Waals surface area contributed by atoms with Gasteiger partial charge in [-0.05, 0) is 55.7 Å². The van der Waals surface area contributed by atoms with Gasteiger partial charge in [-0.25, -0.2) is 8.42 Å². The number of carbonyl (C=O) groups excluding carboxylic acids is 2. The van der Waals surface area contributed by atoms with Crippen molar-refractivity contribution < 1.29 is 18.0 Å². The molecule has 0 radical (unpaired) electrons. The van der Waals surface area contributed by atoms with E-state index in [1.165, 1.54) is 17.0 Å². The normalized spacial score (nSPS) is 12.0. The summed E-state index contributed by atoms with van der Waals surface area (Å²) in [5, 5.41) is 3.60. The first-order chi connectivity index (χ1) is 19.1. The Morgan fingerprint density at radius 1 is 0.900 bits per heavy atom. The maximum Gasteiger partial charge on any atom is 0.264 e. The predicted octanol–water partition coefficient (Wildman–Crippen LogP) is 6.22. The average Bonchev–Trinajstić information content (AvgIpc) is 2.94. The van der Waals surface area contributed by atoms with Crippen LogP contribution in [0.5, 0.6) is 0 Å². The molecule has 214 valence electrons. The summed E-state index contributed by atoms with van der Waals surface area (Å²) in [7, 11) is -4.13. The number of sulfonamides is 1. The Labute approximate surface area is 247 Å². The highest BCUT2D eigenvalue weighted by atomic mass is 35.5. The number of hydrogen-bond acceptors (Lipinski definition) is 4. The van der Waals surface area contributed by atoms with Crippen LogP contribution in [0.15, 0.2) is 77.7 Å². The van der Waals surface area contributed by atoms with E-state index in [0.29, 0.717) is 39.8 Å². The van der Waals surface area contributed by atoms with E-state index in [1.807, 2.05) is 6.92 Å². The lowest BCUT2D eigenvalue weighted by atomic mass is 10.1. The van der Waals surface area contributed by atoms with Crippen LogP contribution in [-0.2, 0) is 26.2 Å². The molecule has 7 nitrogen and oxygen atoms in total. The number of para-hydroxylation sites is 1. The topological polar surface area (TPSA) is 86.8 Å². The molecule has 0 bridgehead atoms. The molecule has 0 saturated carbocycles. The van der Waals surface area contributed by atoms with Gasteiger partial charge in [-0.1, -0.05) is 85.9 Å². The van der Waals surface area contributed by atoms with Crippen molar-refractivity contribution in [2.45, 2.75) is 57.5 Å². The molecule has 1 atom stereocenters. The molecule has 0 unspecified atom stereocenters. The van der Waals surface area contributed by atoms with Crippen LogP contribution in [0.3, 0.4) is 0 Å². The van der Waals surface area contributed by atoms with Gasteiger partial charge in [-0.15, -0.1) is 0 Å². The number of nitrogens with zero attached hydrogens (tertiary/aromatic N) is 2. The summed E-state index contributed by atoms with van der Waals surface area (Å²) < 4.78 is 28.9. The van der Waals surface area contributed by atoms with E-state index in [4.69, 9.17) is 23.2 Å². The quantitative estimate of drug-likeness (QED) is 0.235. The van der Waals surface area contributed by atoms with Gasteiger partial charge in [-0.3, -0.25) is 13.9 Å². The summed E-state index contributed by atoms with van der Waals surface area (Å²) in [6.07, 6.45) is 2.00. The predicted molar refractivity (Wildman–Crippen MR) is 161 cm³/mol. The lowest BCUT2D eigenvalue weighted by molar-refractivity contribution is -0.140. The highest BCUT2D eigenvalue weighted by Crippen LogP contribution is 2.29. The Morgan fingerprint density at radius 2 is 1.52 bits per heavy atom. The lowest BCUT2D eigenvalue weighted by Gasteiger charge is -2.34. The van der Waals surface area contributed by atoms with Gasteiger partial charge in [-0.2, -0.15) is 0 Å². The minimum atomic E-state index is -4.13. The molecule has 3 aromatic rings. The second-order valence-corrected chi connectivity index (χ2v) is 12.1. The fraction of sp³-hybridized carbons (Fsp3) is 0.333. The van der Waals surface area contributed by atoms with E-state index in [0.717, 1.165) is 17.1 Å². The van der Waals surface area contributed by atoms with Crippen molar-refractivity contribution in [3.8, 4) is 0 Å². The highest BCUT2D eigenvalue weighted by molar-refractivity contribution is 7.92. The molecule has 3 rings (SSSR count). The van der Waals surface area contributed by atoms with Crippen LogP contribution in [-0.4, -0.2) is 44.3 Å². The molecular weight excluding hydrogens is 569 g/mol. The molecule has 0 aliphatic heterocycles. The molecule has 0 saturated heterocycles. The molecule has 0 heterocycles. The maximum atomic E-state index is 14.1. The van der Waals surface area contributed by atoms with Gasteiger partial charge >= 0.3 is 0 Å². The molecule has 0 aliphatic rings. The van der Waals surface area contributed by atoms with Crippen molar-refractivity contribution >= 4 is 50.7 Å². The molecular formula is C30H35Cl2N3O4S. The Balaban J connectivity index is 2.08. The number of amides is 2. The number of benzene rings is 3. The van der Waals surface area contributed by atoms with Crippen molar-refractivity contribution in [1.82, 2.24) is 10.2 Å². The number of anilines is 1. The molecule has 0 fully saturated rings. The molecule has 0 spiro atoms. The van der Waals surface area contributed by atoms with Crippen molar-refractivity contribution in [1.29, 1.82) is 0 Å². The monoisotopic (exact) mass is 603 g/mol. The molecule has 2 amide bonds. The first-order valence-corrected chi connectivity index (χ1v) is 15.4. The van der Waals surface area contributed by atoms with E-state index in [1.54, 1.807) is 74.5 Å². The van der Waals surface area contributed by atoms with Crippen LogP contribution >= 0.6 is 23.2 Å². The molecule has 10 heteroatoms. The fourth-order valence-electron chi connectivity index (χ4n) is 4.36. The van der Waals surface area contributed by atoms with Gasteiger partial charge in [0.25, 0.3) is 10.0 Å². The van der Waals surface area contributed by atoms with Crippen molar-refractivity contribution in [3.05, 3.63) is 94.0 Å². The van der Waals surface area contributed by atoms with Crippen molar-refractivity contribution in [3.63, 3.8) is 0 Å². The smallest absolute Gasteiger partial charge is 0.264 e. The Kier molecular flexibility index (Phi) is 11.4. The van der Waals surface area contributed by atoms with Crippen LogP contribution in [0.25, 0.3) is 0 Å². The Morgan fingerprint density at radius 3 is 2.12 bits per heavy atom. The number of nitrogens with one attached hydrogen (secondary N) is 1. The number of hydrogen-bond donors (Lipinski definition) is 1. The van der Waals surface area contributed by atoms with E-state index in [-0.39, 0.29) is 17.3 Å². The van der Waals surface area contributed by atoms with E-state index >= 15 is 0 Å². The van der Waals surface area contributed by atoms with Gasteiger partial charge < -0.3 is 10.2 Å². The van der Waals surface area contributed by atoms with E-state index in [2.05, 4.69) is 5.32 Å². The van der Waals surface area contributed by atoms with E-state index < -0.39 is 28.5 Å². The lowest BCUT2D eigenvalue weighted by Crippen LogP contribution is -2.52. The van der Waals surface area contributed by atoms with Crippen LogP contribution < -0.4 is 9.62 Å². The first-order valence-electron chi connectivity index (χ1n) is 13.2. The number of halogens is 2. The number of aryl methyl sites for hydroxylation is 1. The van der Waals surface area contributed by atoms with Gasteiger partial charge in [0.15, 0.2) is 0 Å².